The molecule has 1 aliphatic rings. The van der Waals surface area contributed by atoms with Crippen LogP contribution in [-0.4, -0.2) is 33.3 Å². The number of imidazole rings is 1. The molecule has 0 aliphatic carbocycles. The fraction of sp³-hybridized carbons (Fsp3) is 0.533. The topological polar surface area (TPSA) is 50.1 Å². The number of hydrogen-bond acceptors (Lipinski definition) is 3. The van der Waals surface area contributed by atoms with Crippen LogP contribution in [0.2, 0.25) is 5.02 Å². The highest BCUT2D eigenvalue weighted by Crippen LogP contribution is 2.25. The maximum absolute atomic E-state index is 13.7. The van der Waals surface area contributed by atoms with Crippen LogP contribution < -0.4 is 5.32 Å². The van der Waals surface area contributed by atoms with Crippen LogP contribution in [0, 0.1) is 5.82 Å². The Labute approximate surface area is 127 Å². The fourth-order valence-electron chi connectivity index (χ4n) is 2.99. The minimum absolute atomic E-state index is 0.153. The van der Waals surface area contributed by atoms with Crippen molar-refractivity contribution in [3.8, 4) is 0 Å². The van der Waals surface area contributed by atoms with Gasteiger partial charge in [-0.2, -0.15) is 0 Å². The van der Waals surface area contributed by atoms with Crippen LogP contribution in [0.5, 0.6) is 0 Å². The Hall–Kier alpha value is -1.17. The van der Waals surface area contributed by atoms with E-state index in [-0.39, 0.29) is 18.0 Å². The summed E-state index contributed by atoms with van der Waals surface area (Å²) in [5.41, 5.74) is 0.965. The van der Waals surface area contributed by atoms with Crippen molar-refractivity contribution >= 4 is 22.6 Å². The largest absolute Gasteiger partial charge is 0.392 e. The van der Waals surface area contributed by atoms with Gasteiger partial charge in [-0.15, -0.1) is 0 Å². The number of piperidine rings is 1. The van der Waals surface area contributed by atoms with Crippen molar-refractivity contribution in [2.45, 2.75) is 44.4 Å². The molecule has 2 atom stereocenters. The summed E-state index contributed by atoms with van der Waals surface area (Å²) < 4.78 is 15.6. The molecular weight excluding hydrogens is 293 g/mol. The zero-order chi connectivity index (χ0) is 14.8. The summed E-state index contributed by atoms with van der Waals surface area (Å²) in [5, 5.41) is 13.8. The summed E-state index contributed by atoms with van der Waals surface area (Å²) in [4.78, 5) is 4.10. The molecule has 0 spiro atoms. The molecule has 2 aromatic rings. The van der Waals surface area contributed by atoms with E-state index >= 15 is 0 Å². The molecule has 0 radical (unpaired) electrons. The van der Waals surface area contributed by atoms with Gasteiger partial charge < -0.3 is 15.0 Å². The molecule has 1 saturated heterocycles. The Bertz CT molecular complexity index is 631. The van der Waals surface area contributed by atoms with Gasteiger partial charge in [0.2, 0.25) is 0 Å². The first kappa shape index (κ1) is 14.8. The maximum Gasteiger partial charge on any atom is 0.151 e. The average molecular weight is 312 g/mol. The lowest BCUT2D eigenvalue weighted by molar-refractivity contribution is 0.0909. The molecule has 0 bridgehead atoms. The number of hydrogen-bond donors (Lipinski definition) is 2. The molecule has 1 unspecified atom stereocenters. The minimum Gasteiger partial charge on any atom is -0.392 e. The van der Waals surface area contributed by atoms with Crippen molar-refractivity contribution in [3.05, 3.63) is 29.3 Å². The summed E-state index contributed by atoms with van der Waals surface area (Å²) in [6.45, 7) is 1.68. The van der Waals surface area contributed by atoms with Crippen molar-refractivity contribution in [3.63, 3.8) is 0 Å². The van der Waals surface area contributed by atoms with Crippen LogP contribution in [-0.2, 0) is 6.54 Å². The van der Waals surface area contributed by atoms with Crippen LogP contribution in [0.1, 0.15) is 25.7 Å². The molecule has 0 amide bonds. The van der Waals surface area contributed by atoms with Gasteiger partial charge in [-0.05, 0) is 44.4 Å². The first-order valence-electron chi connectivity index (χ1n) is 7.37. The molecule has 1 aromatic heterocycles. The number of nitrogens with one attached hydrogen (secondary N) is 1. The molecule has 1 aliphatic heterocycles. The maximum atomic E-state index is 13.7. The van der Waals surface area contributed by atoms with Crippen molar-refractivity contribution in [2.24, 2.45) is 0 Å². The Morgan fingerprint density at radius 2 is 2.33 bits per heavy atom. The number of rotatable bonds is 4. The molecule has 3 rings (SSSR count). The highest BCUT2D eigenvalue weighted by molar-refractivity contribution is 6.35. The first-order valence-corrected chi connectivity index (χ1v) is 7.75. The second-order valence-corrected chi connectivity index (χ2v) is 5.98. The third-order valence-corrected chi connectivity index (χ3v) is 4.43. The van der Waals surface area contributed by atoms with E-state index in [4.69, 9.17) is 11.6 Å². The quantitative estimate of drug-likeness (QED) is 0.913. The molecule has 114 valence electrons. The zero-order valence-corrected chi connectivity index (χ0v) is 12.5. The highest BCUT2D eigenvalue weighted by atomic mass is 35.5. The van der Waals surface area contributed by atoms with E-state index in [9.17, 15) is 9.50 Å². The third kappa shape index (κ3) is 3.05. The van der Waals surface area contributed by atoms with Crippen LogP contribution in [0.3, 0.4) is 0 Å². The number of halogens is 2. The van der Waals surface area contributed by atoms with E-state index in [1.54, 1.807) is 12.4 Å². The van der Waals surface area contributed by atoms with E-state index in [2.05, 4.69) is 10.3 Å². The zero-order valence-electron chi connectivity index (χ0n) is 11.7. The lowest BCUT2D eigenvalue weighted by atomic mass is 9.97. The molecule has 21 heavy (non-hydrogen) atoms. The Morgan fingerprint density at radius 1 is 1.48 bits per heavy atom. The summed E-state index contributed by atoms with van der Waals surface area (Å²) >= 11 is 6.15. The number of aryl methyl sites for hydroxylation is 1. The Kier molecular flexibility index (Phi) is 4.42. The van der Waals surface area contributed by atoms with Gasteiger partial charge in [0.15, 0.2) is 5.82 Å². The second kappa shape index (κ2) is 6.30. The summed E-state index contributed by atoms with van der Waals surface area (Å²) in [6, 6.07) is 3.05. The lowest BCUT2D eigenvalue weighted by Gasteiger charge is -2.29. The molecule has 0 saturated carbocycles. The average Bonchev–Trinajstić information content (AvgIpc) is 2.90. The van der Waals surface area contributed by atoms with Crippen molar-refractivity contribution < 1.29 is 9.50 Å². The molecule has 1 aromatic carbocycles. The number of aromatic nitrogens is 2. The summed E-state index contributed by atoms with van der Waals surface area (Å²) in [5.74, 6) is -0.350. The van der Waals surface area contributed by atoms with E-state index in [0.29, 0.717) is 22.6 Å². The van der Waals surface area contributed by atoms with E-state index < -0.39 is 0 Å². The van der Waals surface area contributed by atoms with E-state index in [1.807, 2.05) is 4.57 Å². The predicted octanol–water partition coefficient (Wildman–Crippen LogP) is 2.72. The van der Waals surface area contributed by atoms with Crippen LogP contribution in [0.15, 0.2) is 18.5 Å². The lowest BCUT2D eigenvalue weighted by Crippen LogP contribution is -2.44. The number of fused-ring (bicyclic) bond motifs is 1. The normalized spacial score (nSPS) is 22.8. The fourth-order valence-corrected chi connectivity index (χ4v) is 3.25. The SMILES string of the molecule is O[C@H]1CCCNC1CCCn1cnc2c(F)ccc(Cl)c21. The Morgan fingerprint density at radius 3 is 3.14 bits per heavy atom. The van der Waals surface area contributed by atoms with E-state index in [0.717, 1.165) is 32.2 Å². The van der Waals surface area contributed by atoms with Gasteiger partial charge in [0, 0.05) is 12.6 Å². The molecule has 2 N–H and O–H groups in total. The smallest absolute Gasteiger partial charge is 0.151 e. The van der Waals surface area contributed by atoms with Gasteiger partial charge >= 0.3 is 0 Å². The van der Waals surface area contributed by atoms with Crippen molar-refractivity contribution in [1.29, 1.82) is 0 Å². The van der Waals surface area contributed by atoms with E-state index in [1.165, 1.54) is 6.07 Å². The van der Waals surface area contributed by atoms with Gasteiger partial charge in [-0.1, -0.05) is 11.6 Å². The standard InChI is InChI=1S/C15H19ClFN3O/c16-10-5-6-11(17)14-15(10)20(9-19-14)8-2-3-12-13(21)4-1-7-18-12/h5-6,9,12-13,18,21H,1-4,7-8H2/t12?,13-/m0/s1. The van der Waals surface area contributed by atoms with Gasteiger partial charge in [0.1, 0.15) is 5.52 Å². The van der Waals surface area contributed by atoms with Gasteiger partial charge in [-0.25, -0.2) is 9.37 Å². The van der Waals surface area contributed by atoms with Gasteiger partial charge in [-0.3, -0.25) is 0 Å². The third-order valence-electron chi connectivity index (χ3n) is 4.13. The van der Waals surface area contributed by atoms with Gasteiger partial charge in [0.25, 0.3) is 0 Å². The monoisotopic (exact) mass is 311 g/mol. The predicted molar refractivity (Wildman–Crippen MR) is 81.0 cm³/mol. The number of benzene rings is 1. The number of aliphatic hydroxyl groups excluding tert-OH is 1. The molecular formula is C15H19ClFN3O. The summed E-state index contributed by atoms with van der Waals surface area (Å²) in [7, 11) is 0. The first-order chi connectivity index (χ1) is 10.2. The van der Waals surface area contributed by atoms with Crippen LogP contribution >= 0.6 is 11.6 Å². The molecule has 2 heterocycles. The molecule has 6 heteroatoms. The Balaban J connectivity index is 1.67. The van der Waals surface area contributed by atoms with Crippen LogP contribution in [0.4, 0.5) is 4.39 Å². The van der Waals surface area contributed by atoms with Crippen LogP contribution in [0.25, 0.3) is 11.0 Å². The summed E-state index contributed by atoms with van der Waals surface area (Å²) in [6.07, 6.45) is 5.02. The molecule has 4 nitrogen and oxygen atoms in total. The minimum atomic E-state index is -0.350. The number of aliphatic hydroxyl groups is 1. The second-order valence-electron chi connectivity index (χ2n) is 5.58. The highest BCUT2D eigenvalue weighted by Gasteiger charge is 2.21. The molecule has 1 fully saturated rings. The van der Waals surface area contributed by atoms with Crippen molar-refractivity contribution in [1.82, 2.24) is 14.9 Å². The number of nitrogens with zero attached hydrogens (tertiary/aromatic N) is 2. The van der Waals surface area contributed by atoms with Gasteiger partial charge in [0.05, 0.1) is 23.0 Å². The van der Waals surface area contributed by atoms with Crippen molar-refractivity contribution in [2.75, 3.05) is 6.54 Å².